The minimum absolute atomic E-state index is 0.244. The van der Waals surface area contributed by atoms with Gasteiger partial charge in [-0.2, -0.15) is 5.26 Å². The van der Waals surface area contributed by atoms with E-state index < -0.39 is 0 Å². The molecule has 0 N–H and O–H groups in total. The van der Waals surface area contributed by atoms with Crippen LogP contribution in [0.4, 0.5) is 0 Å². The smallest absolute Gasteiger partial charge is 0.147 e. The maximum absolute atomic E-state index is 8.84. The van der Waals surface area contributed by atoms with Crippen molar-refractivity contribution < 1.29 is 0 Å². The van der Waals surface area contributed by atoms with Crippen molar-refractivity contribution >= 4 is 17.7 Å². The number of rotatable bonds is 2. The van der Waals surface area contributed by atoms with Crippen LogP contribution in [-0.4, -0.2) is 24.0 Å². The quantitative estimate of drug-likeness (QED) is 0.698. The minimum Gasteiger partial charge on any atom is -0.383 e. The van der Waals surface area contributed by atoms with E-state index in [4.69, 9.17) is 16.9 Å². The van der Waals surface area contributed by atoms with E-state index in [0.717, 1.165) is 5.56 Å². The lowest BCUT2D eigenvalue weighted by Crippen LogP contribution is -2.00. The lowest BCUT2D eigenvalue weighted by Gasteiger charge is -2.04. The van der Waals surface area contributed by atoms with Gasteiger partial charge in [0, 0.05) is 20.3 Å². The third kappa shape index (κ3) is 2.48. The van der Waals surface area contributed by atoms with Crippen LogP contribution in [0.3, 0.4) is 0 Å². The van der Waals surface area contributed by atoms with Crippen molar-refractivity contribution in [3.05, 3.63) is 34.7 Å². The Hall–Kier alpha value is -1.53. The van der Waals surface area contributed by atoms with Crippen LogP contribution in [0.1, 0.15) is 11.1 Å². The van der Waals surface area contributed by atoms with Gasteiger partial charge in [-0.1, -0.05) is 11.6 Å². The molecule has 3 nitrogen and oxygen atoms in total. The fourth-order valence-corrected chi connectivity index (χ4v) is 1.14. The lowest BCUT2D eigenvalue weighted by atomic mass is 10.1. The average Bonchev–Trinajstić information content (AvgIpc) is 2.14. The third-order valence-electron chi connectivity index (χ3n) is 1.60. The third-order valence-corrected chi connectivity index (χ3v) is 1.89. The molecule has 14 heavy (non-hydrogen) atoms. The Morgan fingerprint density at radius 3 is 2.86 bits per heavy atom. The molecule has 0 aromatic carbocycles. The zero-order valence-corrected chi connectivity index (χ0v) is 8.78. The van der Waals surface area contributed by atoms with Gasteiger partial charge in [0.15, 0.2) is 0 Å². The van der Waals surface area contributed by atoms with Gasteiger partial charge in [-0.05, 0) is 23.9 Å². The second-order valence-corrected chi connectivity index (χ2v) is 3.32. The van der Waals surface area contributed by atoms with Crippen molar-refractivity contribution in [1.82, 2.24) is 9.88 Å². The van der Waals surface area contributed by atoms with E-state index in [2.05, 4.69) is 4.98 Å². The largest absolute Gasteiger partial charge is 0.383 e. The molecule has 1 aromatic heterocycles. The van der Waals surface area contributed by atoms with E-state index in [1.54, 1.807) is 12.3 Å². The zero-order chi connectivity index (χ0) is 10.6. The predicted molar refractivity (Wildman–Crippen MR) is 56.7 cm³/mol. The Balaban J connectivity index is 3.10. The van der Waals surface area contributed by atoms with Crippen LogP contribution in [0.2, 0.25) is 5.15 Å². The normalized spacial score (nSPS) is 10.1. The first-order chi connectivity index (χ1) is 6.65. The van der Waals surface area contributed by atoms with E-state index in [1.807, 2.05) is 37.3 Å². The second kappa shape index (κ2) is 4.64. The van der Waals surface area contributed by atoms with Crippen LogP contribution >= 0.6 is 11.6 Å². The van der Waals surface area contributed by atoms with E-state index in [0.29, 0.717) is 5.56 Å². The molecule has 4 heteroatoms. The van der Waals surface area contributed by atoms with Crippen LogP contribution in [0.25, 0.3) is 6.08 Å². The van der Waals surface area contributed by atoms with Crippen LogP contribution in [0, 0.1) is 11.3 Å². The summed E-state index contributed by atoms with van der Waals surface area (Å²) < 4.78 is 0. The van der Waals surface area contributed by atoms with Crippen LogP contribution in [-0.2, 0) is 0 Å². The molecular weight excluding hydrogens is 198 g/mol. The Labute approximate surface area is 88.2 Å². The number of pyridine rings is 1. The van der Waals surface area contributed by atoms with Gasteiger partial charge >= 0.3 is 0 Å². The minimum atomic E-state index is 0.244. The highest BCUT2D eigenvalue weighted by Gasteiger charge is 2.04. The van der Waals surface area contributed by atoms with Gasteiger partial charge in [0.1, 0.15) is 11.2 Å². The highest BCUT2D eigenvalue weighted by molar-refractivity contribution is 6.30. The van der Waals surface area contributed by atoms with Crippen molar-refractivity contribution in [2.75, 3.05) is 14.1 Å². The molecule has 0 fully saturated rings. The monoisotopic (exact) mass is 207 g/mol. The van der Waals surface area contributed by atoms with Crippen molar-refractivity contribution in [3.8, 4) is 6.07 Å². The zero-order valence-electron chi connectivity index (χ0n) is 8.03. The Kier molecular flexibility index (Phi) is 3.49. The Morgan fingerprint density at radius 2 is 2.29 bits per heavy atom. The highest BCUT2D eigenvalue weighted by atomic mass is 35.5. The molecule has 72 valence electrons. The molecule has 0 aliphatic carbocycles. The molecule has 0 spiro atoms. The molecule has 0 aliphatic heterocycles. The lowest BCUT2D eigenvalue weighted by molar-refractivity contribution is 0.567. The highest BCUT2D eigenvalue weighted by Crippen LogP contribution is 2.17. The average molecular weight is 208 g/mol. The predicted octanol–water partition coefficient (Wildman–Crippen LogP) is 2.14. The first kappa shape index (κ1) is 10.6. The molecule has 1 rings (SSSR count). The maximum Gasteiger partial charge on any atom is 0.147 e. The fraction of sp³-hybridized carbons (Fsp3) is 0.200. The Morgan fingerprint density at radius 1 is 1.57 bits per heavy atom. The maximum atomic E-state index is 8.84. The molecule has 0 saturated heterocycles. The summed E-state index contributed by atoms with van der Waals surface area (Å²) in [6.45, 7) is 0. The summed E-state index contributed by atoms with van der Waals surface area (Å²) in [5, 5.41) is 9.09. The molecule has 0 aliphatic rings. The summed E-state index contributed by atoms with van der Waals surface area (Å²) in [6, 6.07) is 3.78. The van der Waals surface area contributed by atoms with Gasteiger partial charge in [-0.15, -0.1) is 0 Å². The second-order valence-electron chi connectivity index (χ2n) is 2.96. The number of nitrogens with zero attached hydrogens (tertiary/aromatic N) is 3. The molecular formula is C10H10ClN3. The first-order valence-electron chi connectivity index (χ1n) is 4.04. The van der Waals surface area contributed by atoms with Gasteiger partial charge in [0.2, 0.25) is 0 Å². The van der Waals surface area contributed by atoms with E-state index in [1.165, 1.54) is 0 Å². The van der Waals surface area contributed by atoms with E-state index in [9.17, 15) is 0 Å². The fourth-order valence-electron chi connectivity index (χ4n) is 0.929. The number of halogens is 1. The summed E-state index contributed by atoms with van der Waals surface area (Å²) in [5.41, 5.74) is 1.19. The van der Waals surface area contributed by atoms with Crippen molar-refractivity contribution in [2.24, 2.45) is 0 Å². The summed E-state index contributed by atoms with van der Waals surface area (Å²) in [4.78, 5) is 5.72. The molecule has 1 heterocycles. The Bertz CT molecular complexity index is 391. The topological polar surface area (TPSA) is 39.9 Å². The summed E-state index contributed by atoms with van der Waals surface area (Å²) >= 11 is 5.76. The van der Waals surface area contributed by atoms with Gasteiger partial charge in [-0.3, -0.25) is 0 Å². The van der Waals surface area contributed by atoms with Gasteiger partial charge in [0.25, 0.3) is 0 Å². The summed E-state index contributed by atoms with van der Waals surface area (Å²) in [7, 11) is 3.82. The molecule has 0 radical (unpaired) electrons. The van der Waals surface area contributed by atoms with Gasteiger partial charge in [0.05, 0.1) is 5.56 Å². The standard InChI is InChI=1S/C10H10ClN3/c1-14(2)6-4-8-3-5-13-10(11)9(8)7-12/h3-6H,1-2H3. The van der Waals surface area contributed by atoms with Crippen LogP contribution < -0.4 is 0 Å². The molecule has 0 amide bonds. The molecule has 1 aromatic rings. The molecule has 0 unspecified atom stereocenters. The number of hydrogen-bond donors (Lipinski definition) is 0. The van der Waals surface area contributed by atoms with Crippen molar-refractivity contribution in [1.29, 1.82) is 5.26 Å². The van der Waals surface area contributed by atoms with E-state index >= 15 is 0 Å². The van der Waals surface area contributed by atoms with Crippen LogP contribution in [0.15, 0.2) is 18.5 Å². The number of aromatic nitrogens is 1. The molecule has 0 saturated carbocycles. The number of hydrogen-bond acceptors (Lipinski definition) is 3. The first-order valence-corrected chi connectivity index (χ1v) is 4.42. The molecule has 0 bridgehead atoms. The van der Waals surface area contributed by atoms with Crippen molar-refractivity contribution in [2.45, 2.75) is 0 Å². The summed E-state index contributed by atoms with van der Waals surface area (Å²) in [5.74, 6) is 0. The SMILES string of the molecule is CN(C)C=Cc1ccnc(Cl)c1C#N. The van der Waals surface area contributed by atoms with E-state index in [-0.39, 0.29) is 5.15 Å². The number of nitriles is 1. The van der Waals surface area contributed by atoms with Gasteiger partial charge in [-0.25, -0.2) is 4.98 Å². The van der Waals surface area contributed by atoms with Crippen molar-refractivity contribution in [3.63, 3.8) is 0 Å². The van der Waals surface area contributed by atoms with Crippen LogP contribution in [0.5, 0.6) is 0 Å². The van der Waals surface area contributed by atoms with Gasteiger partial charge < -0.3 is 4.90 Å². The molecule has 0 atom stereocenters. The summed E-state index contributed by atoms with van der Waals surface area (Å²) in [6.07, 6.45) is 5.26.